The summed E-state index contributed by atoms with van der Waals surface area (Å²) in [5.74, 6) is 0.542. The van der Waals surface area contributed by atoms with Crippen LogP contribution in [0.1, 0.15) is 29.4 Å². The molecule has 0 atom stereocenters. The normalized spacial score (nSPS) is 10.8. The summed E-state index contributed by atoms with van der Waals surface area (Å²) in [7, 11) is 0. The van der Waals surface area contributed by atoms with Crippen molar-refractivity contribution in [3.8, 4) is 16.9 Å². The van der Waals surface area contributed by atoms with Crippen molar-refractivity contribution >= 4 is 16.9 Å². The lowest BCUT2D eigenvalue weighted by atomic mass is 10.1. The number of aryl methyl sites for hydroxylation is 1. The molecule has 0 aliphatic rings. The van der Waals surface area contributed by atoms with Gasteiger partial charge in [-0.15, -0.1) is 0 Å². The average Bonchev–Trinajstić information content (AvgIpc) is 3.17. The molecule has 0 radical (unpaired) electrons. The minimum atomic E-state index is -0.305. The van der Waals surface area contributed by atoms with Crippen molar-refractivity contribution in [3.63, 3.8) is 0 Å². The van der Waals surface area contributed by atoms with Gasteiger partial charge in [-0.05, 0) is 54.7 Å². The molecule has 0 unspecified atom stereocenters. The number of carbonyl (C=O) groups excluding carboxylic acids is 1. The summed E-state index contributed by atoms with van der Waals surface area (Å²) in [6, 6.07) is 26.4. The van der Waals surface area contributed by atoms with E-state index in [-0.39, 0.29) is 5.97 Å². The number of esters is 1. The van der Waals surface area contributed by atoms with E-state index in [1.165, 1.54) is 11.1 Å². The summed E-state index contributed by atoms with van der Waals surface area (Å²) in [4.78, 5) is 15.6. The smallest absolute Gasteiger partial charge is 0.355 e. The van der Waals surface area contributed by atoms with Gasteiger partial charge in [-0.25, -0.2) is 4.79 Å². The van der Waals surface area contributed by atoms with Gasteiger partial charge in [0.25, 0.3) is 0 Å². The number of aromatic nitrogens is 1. The number of ether oxygens (including phenoxy) is 2. The minimum Gasteiger partial charge on any atom is -0.494 e. The highest BCUT2D eigenvalue weighted by atomic mass is 16.5. The Hall–Kier alpha value is -3.53. The Labute approximate surface area is 176 Å². The van der Waals surface area contributed by atoms with Crippen molar-refractivity contribution in [2.24, 2.45) is 0 Å². The molecule has 4 aromatic rings. The third-order valence-electron chi connectivity index (χ3n) is 5.09. The van der Waals surface area contributed by atoms with Gasteiger partial charge < -0.3 is 14.5 Å². The first-order valence-electron chi connectivity index (χ1n) is 10.3. The third-order valence-corrected chi connectivity index (χ3v) is 5.09. The van der Waals surface area contributed by atoms with Crippen molar-refractivity contribution in [3.05, 3.63) is 90.1 Å². The number of nitrogens with one attached hydrogen (secondary N) is 1. The number of hydrogen-bond donors (Lipinski definition) is 1. The topological polar surface area (TPSA) is 51.3 Å². The number of H-pyrrole nitrogens is 1. The Bertz CT molecular complexity index is 1110. The van der Waals surface area contributed by atoms with Gasteiger partial charge in [0.2, 0.25) is 0 Å². The van der Waals surface area contributed by atoms with Crippen LogP contribution in [0.5, 0.6) is 5.75 Å². The molecule has 0 aliphatic heterocycles. The monoisotopic (exact) mass is 399 g/mol. The average molecular weight is 399 g/mol. The van der Waals surface area contributed by atoms with Gasteiger partial charge in [0, 0.05) is 10.9 Å². The quantitative estimate of drug-likeness (QED) is 0.291. The Morgan fingerprint density at radius 1 is 0.867 bits per heavy atom. The van der Waals surface area contributed by atoms with E-state index in [4.69, 9.17) is 9.47 Å². The number of fused-ring (bicyclic) bond motifs is 1. The van der Waals surface area contributed by atoms with Gasteiger partial charge in [0.1, 0.15) is 11.4 Å². The fourth-order valence-electron chi connectivity index (χ4n) is 3.65. The van der Waals surface area contributed by atoms with Gasteiger partial charge in [0.05, 0.1) is 13.2 Å². The number of aromatic amines is 1. The zero-order valence-corrected chi connectivity index (χ0v) is 17.1. The maximum Gasteiger partial charge on any atom is 0.355 e. The van der Waals surface area contributed by atoms with Crippen LogP contribution in [0.25, 0.3) is 22.0 Å². The summed E-state index contributed by atoms with van der Waals surface area (Å²) < 4.78 is 11.1. The Kier molecular flexibility index (Phi) is 6.14. The first kappa shape index (κ1) is 19.8. The molecule has 0 amide bonds. The second-order valence-corrected chi connectivity index (χ2v) is 7.09. The molecule has 0 bridgehead atoms. The van der Waals surface area contributed by atoms with E-state index < -0.39 is 0 Å². The van der Waals surface area contributed by atoms with Gasteiger partial charge in [-0.3, -0.25) is 0 Å². The van der Waals surface area contributed by atoms with Crippen LogP contribution in [0.2, 0.25) is 0 Å². The molecule has 0 aliphatic carbocycles. The lowest BCUT2D eigenvalue weighted by Gasteiger charge is -2.08. The van der Waals surface area contributed by atoms with Gasteiger partial charge in [-0.2, -0.15) is 0 Å². The molecule has 0 spiro atoms. The van der Waals surface area contributed by atoms with E-state index in [0.717, 1.165) is 35.1 Å². The number of carbonyl (C=O) groups is 1. The third kappa shape index (κ3) is 4.38. The largest absolute Gasteiger partial charge is 0.494 e. The zero-order chi connectivity index (χ0) is 20.8. The second kappa shape index (κ2) is 9.31. The Morgan fingerprint density at radius 3 is 2.33 bits per heavy atom. The summed E-state index contributed by atoms with van der Waals surface area (Å²) in [6.07, 6.45) is 1.54. The highest BCUT2D eigenvalue weighted by molar-refractivity contribution is 5.98. The predicted octanol–water partition coefficient (Wildman–Crippen LogP) is 6.02. The van der Waals surface area contributed by atoms with E-state index in [2.05, 4.69) is 29.2 Å². The minimum absolute atomic E-state index is 0.305. The summed E-state index contributed by atoms with van der Waals surface area (Å²) in [5, 5.41) is 1.06. The van der Waals surface area contributed by atoms with Crippen molar-refractivity contribution in [1.29, 1.82) is 0 Å². The SMILES string of the molecule is CCOC(=O)c1[nH]c2ccccc2c1CCCOc1ccc(-c2ccccc2)cc1. The first-order valence-corrected chi connectivity index (χ1v) is 10.3. The van der Waals surface area contributed by atoms with Crippen molar-refractivity contribution in [2.75, 3.05) is 13.2 Å². The lowest BCUT2D eigenvalue weighted by molar-refractivity contribution is 0.0519. The molecule has 1 heterocycles. The summed E-state index contributed by atoms with van der Waals surface area (Å²) in [5.41, 5.74) is 4.85. The second-order valence-electron chi connectivity index (χ2n) is 7.09. The van der Waals surface area contributed by atoms with Crippen molar-refractivity contribution in [2.45, 2.75) is 19.8 Å². The van der Waals surface area contributed by atoms with E-state index >= 15 is 0 Å². The van der Waals surface area contributed by atoms with Gasteiger partial charge in [0.15, 0.2) is 0 Å². The molecule has 0 saturated carbocycles. The van der Waals surface area contributed by atoms with Gasteiger partial charge >= 0.3 is 5.97 Å². The maximum atomic E-state index is 12.4. The van der Waals surface area contributed by atoms with Crippen LogP contribution >= 0.6 is 0 Å². The molecule has 152 valence electrons. The van der Waals surface area contributed by atoms with Crippen LogP contribution < -0.4 is 4.74 Å². The highest BCUT2D eigenvalue weighted by Crippen LogP contribution is 2.25. The van der Waals surface area contributed by atoms with Crippen LogP contribution in [0.15, 0.2) is 78.9 Å². The molecule has 1 aromatic heterocycles. The standard InChI is InChI=1S/C26H25NO3/c1-2-29-26(28)25-23(22-11-6-7-13-24(22)27-25)12-8-18-30-21-16-14-20(15-17-21)19-9-4-3-5-10-19/h3-7,9-11,13-17,27H,2,8,12,18H2,1H3. The zero-order valence-electron chi connectivity index (χ0n) is 17.1. The van der Waals surface area contributed by atoms with Crippen LogP contribution in [-0.2, 0) is 11.2 Å². The Morgan fingerprint density at radius 2 is 1.57 bits per heavy atom. The molecule has 0 fully saturated rings. The number of para-hydroxylation sites is 1. The number of benzene rings is 3. The Balaban J connectivity index is 1.39. The summed E-state index contributed by atoms with van der Waals surface area (Å²) >= 11 is 0. The number of rotatable bonds is 8. The molecule has 30 heavy (non-hydrogen) atoms. The molecule has 0 saturated heterocycles. The molecular formula is C26H25NO3. The van der Waals surface area contributed by atoms with Crippen LogP contribution in [0, 0.1) is 0 Å². The van der Waals surface area contributed by atoms with Crippen molar-refractivity contribution < 1.29 is 14.3 Å². The fraction of sp³-hybridized carbons (Fsp3) is 0.192. The van der Waals surface area contributed by atoms with Crippen molar-refractivity contribution in [1.82, 2.24) is 4.98 Å². The molecule has 4 heteroatoms. The molecule has 1 N–H and O–H groups in total. The van der Waals surface area contributed by atoms with E-state index in [9.17, 15) is 4.79 Å². The van der Waals surface area contributed by atoms with Crippen LogP contribution in [0.3, 0.4) is 0 Å². The highest BCUT2D eigenvalue weighted by Gasteiger charge is 2.18. The van der Waals surface area contributed by atoms with Crippen LogP contribution in [-0.4, -0.2) is 24.2 Å². The van der Waals surface area contributed by atoms with Crippen LogP contribution in [0.4, 0.5) is 0 Å². The molecular weight excluding hydrogens is 374 g/mol. The molecule has 4 nitrogen and oxygen atoms in total. The fourth-order valence-corrected chi connectivity index (χ4v) is 3.65. The van der Waals surface area contributed by atoms with E-state index in [1.807, 2.05) is 61.5 Å². The first-order chi connectivity index (χ1) is 14.8. The van der Waals surface area contributed by atoms with Gasteiger partial charge in [-0.1, -0.05) is 60.7 Å². The molecule has 3 aromatic carbocycles. The predicted molar refractivity (Wildman–Crippen MR) is 120 cm³/mol. The van der Waals surface area contributed by atoms with E-state index in [1.54, 1.807) is 0 Å². The lowest BCUT2D eigenvalue weighted by Crippen LogP contribution is -2.09. The maximum absolute atomic E-state index is 12.4. The van der Waals surface area contributed by atoms with E-state index in [0.29, 0.717) is 18.9 Å². The number of hydrogen-bond acceptors (Lipinski definition) is 3. The molecule has 4 rings (SSSR count). The summed E-state index contributed by atoms with van der Waals surface area (Å²) in [6.45, 7) is 2.75.